The number of thioether (sulfide) groups is 1. The van der Waals surface area contributed by atoms with Gasteiger partial charge in [0.05, 0.1) is 18.1 Å². The second-order valence-electron chi connectivity index (χ2n) is 5.24. The molecular formula is C18H19NO7S. The highest BCUT2D eigenvalue weighted by molar-refractivity contribution is 8.18. The number of hydrogen-bond donors (Lipinski definition) is 0. The quantitative estimate of drug-likeness (QED) is 0.490. The Morgan fingerprint density at radius 2 is 1.67 bits per heavy atom. The maximum Gasteiger partial charge on any atom is 0.344 e. The summed E-state index contributed by atoms with van der Waals surface area (Å²) in [5.41, 5.74) is 0.667. The summed E-state index contributed by atoms with van der Waals surface area (Å²) in [6.07, 6.45) is 1.55. The first kappa shape index (κ1) is 20.5. The second-order valence-corrected chi connectivity index (χ2v) is 6.23. The third kappa shape index (κ3) is 5.85. The molecule has 0 unspecified atom stereocenters. The van der Waals surface area contributed by atoms with Gasteiger partial charge >= 0.3 is 11.9 Å². The largest absolute Gasteiger partial charge is 0.482 e. The minimum Gasteiger partial charge on any atom is -0.482 e. The van der Waals surface area contributed by atoms with Gasteiger partial charge in [-0.05, 0) is 49.4 Å². The van der Waals surface area contributed by atoms with Gasteiger partial charge < -0.3 is 14.2 Å². The van der Waals surface area contributed by atoms with E-state index >= 15 is 0 Å². The van der Waals surface area contributed by atoms with Crippen molar-refractivity contribution in [1.29, 1.82) is 0 Å². The van der Waals surface area contributed by atoms with E-state index in [4.69, 9.17) is 14.2 Å². The van der Waals surface area contributed by atoms with Crippen LogP contribution in [-0.2, 0) is 23.9 Å². The Morgan fingerprint density at radius 3 is 2.30 bits per heavy atom. The number of amides is 2. The Labute approximate surface area is 160 Å². The first-order valence-corrected chi connectivity index (χ1v) is 9.05. The fourth-order valence-electron chi connectivity index (χ4n) is 2.13. The van der Waals surface area contributed by atoms with Crippen LogP contribution in [0, 0.1) is 0 Å². The van der Waals surface area contributed by atoms with Gasteiger partial charge in [0.2, 0.25) is 0 Å². The number of benzene rings is 1. The zero-order valence-electron chi connectivity index (χ0n) is 14.9. The van der Waals surface area contributed by atoms with Gasteiger partial charge in [-0.25, -0.2) is 4.79 Å². The smallest absolute Gasteiger partial charge is 0.344 e. The molecule has 144 valence electrons. The summed E-state index contributed by atoms with van der Waals surface area (Å²) in [6, 6.07) is 6.63. The van der Waals surface area contributed by atoms with Crippen molar-refractivity contribution in [1.82, 2.24) is 4.90 Å². The molecule has 0 N–H and O–H groups in total. The Morgan fingerprint density at radius 1 is 1.04 bits per heavy atom. The predicted molar refractivity (Wildman–Crippen MR) is 97.9 cm³/mol. The van der Waals surface area contributed by atoms with E-state index in [0.717, 1.165) is 16.7 Å². The van der Waals surface area contributed by atoms with Gasteiger partial charge in [0.15, 0.2) is 6.61 Å². The number of ether oxygens (including phenoxy) is 3. The van der Waals surface area contributed by atoms with Crippen molar-refractivity contribution in [2.45, 2.75) is 13.8 Å². The molecule has 1 aliphatic rings. The average Bonchev–Trinajstić information content (AvgIpc) is 2.89. The van der Waals surface area contributed by atoms with E-state index in [2.05, 4.69) is 0 Å². The lowest BCUT2D eigenvalue weighted by Crippen LogP contribution is -2.34. The molecule has 2 amide bonds. The standard InChI is InChI=1S/C18H19NO7S/c1-3-24-15(20)10-19-17(22)14(27-18(19)23)9-12-5-7-13(8-6-12)26-11-16(21)25-4-2/h5-9H,3-4,10-11H2,1-2H3/b14-9+. The Bertz CT molecular complexity index is 757. The number of imide groups is 1. The predicted octanol–water partition coefficient (Wildman–Crippen LogP) is 2.23. The molecule has 0 aromatic heterocycles. The SMILES string of the molecule is CCOC(=O)COc1ccc(/C=C2/SC(=O)N(CC(=O)OCC)C2=O)cc1. The van der Waals surface area contributed by atoms with E-state index in [1.807, 2.05) is 0 Å². The fraction of sp³-hybridized carbons (Fsp3) is 0.333. The van der Waals surface area contributed by atoms with Crippen LogP contribution in [0.2, 0.25) is 0 Å². The van der Waals surface area contributed by atoms with Gasteiger partial charge in [-0.3, -0.25) is 19.3 Å². The van der Waals surface area contributed by atoms with Crippen LogP contribution in [-0.4, -0.2) is 54.4 Å². The molecule has 1 aliphatic heterocycles. The maximum atomic E-state index is 12.3. The highest BCUT2D eigenvalue weighted by atomic mass is 32.2. The minimum absolute atomic E-state index is 0.176. The van der Waals surface area contributed by atoms with Crippen molar-refractivity contribution < 1.29 is 33.4 Å². The average molecular weight is 393 g/mol. The molecular weight excluding hydrogens is 374 g/mol. The second kappa shape index (κ2) is 9.77. The molecule has 0 saturated carbocycles. The first-order chi connectivity index (χ1) is 12.9. The van der Waals surface area contributed by atoms with Gasteiger partial charge in [-0.1, -0.05) is 12.1 Å². The zero-order valence-corrected chi connectivity index (χ0v) is 15.7. The normalized spacial score (nSPS) is 15.2. The molecule has 1 heterocycles. The van der Waals surface area contributed by atoms with Crippen molar-refractivity contribution in [3.05, 3.63) is 34.7 Å². The van der Waals surface area contributed by atoms with E-state index in [1.165, 1.54) is 0 Å². The van der Waals surface area contributed by atoms with Crippen LogP contribution in [0.25, 0.3) is 6.08 Å². The summed E-state index contributed by atoms with van der Waals surface area (Å²) in [7, 11) is 0. The van der Waals surface area contributed by atoms with Crippen molar-refractivity contribution >= 4 is 40.9 Å². The number of carbonyl (C=O) groups excluding carboxylic acids is 4. The maximum absolute atomic E-state index is 12.3. The Hall–Kier alpha value is -2.81. The molecule has 27 heavy (non-hydrogen) atoms. The topological polar surface area (TPSA) is 99.2 Å². The molecule has 0 spiro atoms. The lowest BCUT2D eigenvalue weighted by molar-refractivity contribution is -0.146. The summed E-state index contributed by atoms with van der Waals surface area (Å²) in [5.74, 6) is -1.17. The molecule has 8 nitrogen and oxygen atoms in total. The lowest BCUT2D eigenvalue weighted by atomic mass is 10.2. The Balaban J connectivity index is 1.99. The number of carbonyl (C=O) groups is 4. The van der Waals surface area contributed by atoms with Crippen LogP contribution in [0.1, 0.15) is 19.4 Å². The van der Waals surface area contributed by atoms with Crippen LogP contribution in [0.4, 0.5) is 4.79 Å². The van der Waals surface area contributed by atoms with Crippen LogP contribution >= 0.6 is 11.8 Å². The highest BCUT2D eigenvalue weighted by Crippen LogP contribution is 2.32. The number of nitrogens with zero attached hydrogens (tertiary/aromatic N) is 1. The molecule has 0 aliphatic carbocycles. The van der Waals surface area contributed by atoms with Crippen LogP contribution in [0.15, 0.2) is 29.2 Å². The summed E-state index contributed by atoms with van der Waals surface area (Å²) < 4.78 is 14.8. The van der Waals surface area contributed by atoms with Gasteiger partial charge in [0.1, 0.15) is 12.3 Å². The highest BCUT2D eigenvalue weighted by Gasteiger charge is 2.36. The minimum atomic E-state index is -0.635. The van der Waals surface area contributed by atoms with Crippen molar-refractivity contribution in [2.24, 2.45) is 0 Å². The van der Waals surface area contributed by atoms with Crippen molar-refractivity contribution in [3.63, 3.8) is 0 Å². The Kier molecular flexibility index (Phi) is 7.42. The monoisotopic (exact) mass is 393 g/mol. The molecule has 9 heteroatoms. The molecule has 1 aromatic rings. The molecule has 0 bridgehead atoms. The molecule has 1 saturated heterocycles. The lowest BCUT2D eigenvalue weighted by Gasteiger charge is -2.10. The number of esters is 2. The van der Waals surface area contributed by atoms with Gasteiger partial charge in [-0.2, -0.15) is 0 Å². The number of hydrogen-bond acceptors (Lipinski definition) is 8. The summed E-state index contributed by atoms with van der Waals surface area (Å²) in [4.78, 5) is 48.1. The van der Waals surface area contributed by atoms with E-state index in [9.17, 15) is 19.2 Å². The van der Waals surface area contributed by atoms with Gasteiger partial charge in [0, 0.05) is 0 Å². The van der Waals surface area contributed by atoms with E-state index in [0.29, 0.717) is 11.3 Å². The van der Waals surface area contributed by atoms with Crippen LogP contribution in [0.5, 0.6) is 5.75 Å². The van der Waals surface area contributed by atoms with Gasteiger partial charge in [-0.15, -0.1) is 0 Å². The van der Waals surface area contributed by atoms with Crippen LogP contribution < -0.4 is 4.74 Å². The zero-order chi connectivity index (χ0) is 19.8. The van der Waals surface area contributed by atoms with E-state index in [1.54, 1.807) is 44.2 Å². The molecule has 1 fully saturated rings. The van der Waals surface area contributed by atoms with E-state index in [-0.39, 0.29) is 24.7 Å². The molecule has 2 rings (SSSR count). The summed E-state index contributed by atoms with van der Waals surface area (Å²) in [6.45, 7) is 3.21. The fourth-order valence-corrected chi connectivity index (χ4v) is 2.97. The number of rotatable bonds is 8. The van der Waals surface area contributed by atoms with Crippen molar-refractivity contribution in [2.75, 3.05) is 26.4 Å². The first-order valence-electron chi connectivity index (χ1n) is 8.24. The van der Waals surface area contributed by atoms with Crippen molar-refractivity contribution in [3.8, 4) is 5.75 Å². The summed E-state index contributed by atoms with van der Waals surface area (Å²) >= 11 is 0.759. The van der Waals surface area contributed by atoms with Gasteiger partial charge in [0.25, 0.3) is 11.1 Å². The molecule has 1 aromatic carbocycles. The third-order valence-corrected chi connectivity index (χ3v) is 4.21. The van der Waals surface area contributed by atoms with E-state index < -0.39 is 29.6 Å². The third-order valence-electron chi connectivity index (χ3n) is 3.31. The molecule has 0 radical (unpaired) electrons. The summed E-state index contributed by atoms with van der Waals surface area (Å²) in [5, 5.41) is -0.520. The van der Waals surface area contributed by atoms with Crippen LogP contribution in [0.3, 0.4) is 0 Å². The molecule has 0 atom stereocenters.